The molecule has 1 aromatic carbocycles. The lowest BCUT2D eigenvalue weighted by Gasteiger charge is -2.13. The van der Waals surface area contributed by atoms with Crippen LogP contribution in [0.25, 0.3) is 11.4 Å². The highest BCUT2D eigenvalue weighted by atomic mass is 16.5. The second kappa shape index (κ2) is 8.89. The fraction of sp³-hybridized carbons (Fsp3) is 0.300. The lowest BCUT2D eigenvalue weighted by Crippen LogP contribution is -2.33. The summed E-state index contributed by atoms with van der Waals surface area (Å²) in [6, 6.07) is 14.0. The number of aromatic nitrogens is 3. The van der Waals surface area contributed by atoms with E-state index < -0.39 is 0 Å². The first kappa shape index (κ1) is 17.8. The van der Waals surface area contributed by atoms with Gasteiger partial charge in [-0.3, -0.25) is 9.78 Å². The van der Waals surface area contributed by atoms with E-state index in [9.17, 15) is 4.79 Å². The van der Waals surface area contributed by atoms with Crippen molar-refractivity contribution in [2.75, 3.05) is 0 Å². The first-order chi connectivity index (χ1) is 12.7. The Bertz CT molecular complexity index is 818. The number of amides is 1. The van der Waals surface area contributed by atoms with Crippen LogP contribution in [0.3, 0.4) is 0 Å². The van der Waals surface area contributed by atoms with Crippen molar-refractivity contribution < 1.29 is 9.32 Å². The Morgan fingerprint density at radius 3 is 2.65 bits per heavy atom. The fourth-order valence-electron chi connectivity index (χ4n) is 2.64. The number of carbonyl (C=O) groups is 1. The van der Waals surface area contributed by atoms with E-state index in [-0.39, 0.29) is 11.9 Å². The number of nitrogens with one attached hydrogen (secondary N) is 1. The van der Waals surface area contributed by atoms with Crippen LogP contribution in [0.5, 0.6) is 0 Å². The number of carbonyl (C=O) groups excluding carboxylic acids is 1. The number of hydrogen-bond acceptors (Lipinski definition) is 5. The van der Waals surface area contributed by atoms with Gasteiger partial charge < -0.3 is 9.84 Å². The zero-order chi connectivity index (χ0) is 18.2. The van der Waals surface area contributed by atoms with Gasteiger partial charge in [-0.1, -0.05) is 35.5 Å². The molecule has 26 heavy (non-hydrogen) atoms. The predicted molar refractivity (Wildman–Crippen MR) is 98.2 cm³/mol. The quantitative estimate of drug-likeness (QED) is 0.675. The third-order valence-electron chi connectivity index (χ3n) is 4.09. The van der Waals surface area contributed by atoms with Crippen molar-refractivity contribution in [2.45, 2.75) is 38.6 Å². The molecule has 2 aromatic heterocycles. The molecule has 0 bridgehead atoms. The van der Waals surface area contributed by atoms with Crippen LogP contribution in [0.2, 0.25) is 0 Å². The zero-order valence-electron chi connectivity index (χ0n) is 14.8. The Morgan fingerprint density at radius 2 is 1.88 bits per heavy atom. The standard InChI is InChI=1S/C20H22N4O2/c1-15(7-8-16-5-3-2-4-6-16)22-18(25)9-10-19-23-20(24-26-19)17-11-13-21-14-12-17/h2-6,11-15H,7-10H2,1H3,(H,22,25). The van der Waals surface area contributed by atoms with E-state index in [0.717, 1.165) is 18.4 Å². The molecule has 2 heterocycles. The van der Waals surface area contributed by atoms with E-state index >= 15 is 0 Å². The van der Waals surface area contributed by atoms with E-state index in [1.807, 2.05) is 37.3 Å². The van der Waals surface area contributed by atoms with Gasteiger partial charge in [-0.25, -0.2) is 0 Å². The van der Waals surface area contributed by atoms with Crippen LogP contribution in [0.4, 0.5) is 0 Å². The molecule has 0 aliphatic heterocycles. The first-order valence-electron chi connectivity index (χ1n) is 8.77. The minimum absolute atomic E-state index is 0.00535. The van der Waals surface area contributed by atoms with Crippen LogP contribution < -0.4 is 5.32 Å². The van der Waals surface area contributed by atoms with Gasteiger partial charge in [0, 0.05) is 36.8 Å². The number of nitrogens with zero attached hydrogens (tertiary/aromatic N) is 3. The van der Waals surface area contributed by atoms with Crippen molar-refractivity contribution in [1.29, 1.82) is 0 Å². The fourth-order valence-corrected chi connectivity index (χ4v) is 2.64. The number of pyridine rings is 1. The highest BCUT2D eigenvalue weighted by Gasteiger charge is 2.12. The van der Waals surface area contributed by atoms with Gasteiger partial charge in [-0.15, -0.1) is 0 Å². The summed E-state index contributed by atoms with van der Waals surface area (Å²) in [7, 11) is 0. The summed E-state index contributed by atoms with van der Waals surface area (Å²) in [4.78, 5) is 20.4. The Kier molecular flexibility index (Phi) is 6.09. The van der Waals surface area contributed by atoms with Crippen LogP contribution in [0.1, 0.15) is 31.2 Å². The highest BCUT2D eigenvalue weighted by Crippen LogP contribution is 2.14. The molecule has 3 rings (SSSR count). The molecule has 1 N–H and O–H groups in total. The summed E-state index contributed by atoms with van der Waals surface area (Å²) in [5, 5.41) is 6.96. The second-order valence-electron chi connectivity index (χ2n) is 6.24. The molecule has 0 aliphatic rings. The largest absolute Gasteiger partial charge is 0.354 e. The highest BCUT2D eigenvalue weighted by molar-refractivity contribution is 5.76. The van der Waals surface area contributed by atoms with Crippen molar-refractivity contribution >= 4 is 5.91 Å². The normalized spacial score (nSPS) is 11.9. The van der Waals surface area contributed by atoms with Gasteiger partial charge in [0.25, 0.3) is 0 Å². The molecular weight excluding hydrogens is 328 g/mol. The molecule has 1 amide bonds. The van der Waals surface area contributed by atoms with Crippen LogP contribution >= 0.6 is 0 Å². The molecule has 6 heteroatoms. The van der Waals surface area contributed by atoms with E-state index in [4.69, 9.17) is 4.52 Å². The summed E-state index contributed by atoms with van der Waals surface area (Å²) < 4.78 is 5.22. The van der Waals surface area contributed by atoms with Crippen molar-refractivity contribution in [3.8, 4) is 11.4 Å². The molecule has 3 aromatic rings. The van der Waals surface area contributed by atoms with Gasteiger partial charge in [0.05, 0.1) is 0 Å². The molecule has 0 fully saturated rings. The molecule has 0 saturated heterocycles. The third kappa shape index (κ3) is 5.24. The average molecular weight is 350 g/mol. The molecule has 0 spiro atoms. The molecule has 6 nitrogen and oxygen atoms in total. The Balaban J connectivity index is 1.42. The number of aryl methyl sites for hydroxylation is 2. The Labute approximate surface area is 152 Å². The van der Waals surface area contributed by atoms with Gasteiger partial charge in [0.15, 0.2) is 0 Å². The Hall–Kier alpha value is -3.02. The van der Waals surface area contributed by atoms with Crippen molar-refractivity contribution in [1.82, 2.24) is 20.4 Å². The van der Waals surface area contributed by atoms with Crippen LogP contribution in [0, 0.1) is 0 Å². The van der Waals surface area contributed by atoms with Gasteiger partial charge in [0.2, 0.25) is 17.6 Å². The molecule has 1 atom stereocenters. The van der Waals surface area contributed by atoms with Gasteiger partial charge in [-0.2, -0.15) is 4.98 Å². The molecule has 0 saturated carbocycles. The smallest absolute Gasteiger partial charge is 0.227 e. The molecular formula is C20H22N4O2. The molecule has 0 radical (unpaired) electrons. The second-order valence-corrected chi connectivity index (χ2v) is 6.24. The predicted octanol–water partition coefficient (Wildman–Crippen LogP) is 3.20. The van der Waals surface area contributed by atoms with E-state index in [1.165, 1.54) is 5.56 Å². The minimum atomic E-state index is -0.00535. The Morgan fingerprint density at radius 1 is 1.12 bits per heavy atom. The van der Waals surface area contributed by atoms with Gasteiger partial charge in [0.1, 0.15) is 0 Å². The zero-order valence-corrected chi connectivity index (χ0v) is 14.8. The summed E-state index contributed by atoms with van der Waals surface area (Å²) in [5.41, 5.74) is 2.12. The summed E-state index contributed by atoms with van der Waals surface area (Å²) in [5.74, 6) is 0.970. The summed E-state index contributed by atoms with van der Waals surface area (Å²) in [6.45, 7) is 2.02. The molecule has 1 unspecified atom stereocenters. The number of hydrogen-bond donors (Lipinski definition) is 1. The first-order valence-corrected chi connectivity index (χ1v) is 8.77. The maximum atomic E-state index is 12.1. The van der Waals surface area contributed by atoms with Crippen LogP contribution in [0.15, 0.2) is 59.4 Å². The van der Waals surface area contributed by atoms with E-state index in [0.29, 0.717) is 24.6 Å². The SMILES string of the molecule is CC(CCc1ccccc1)NC(=O)CCc1nc(-c2ccncc2)no1. The van der Waals surface area contributed by atoms with Crippen molar-refractivity contribution in [2.24, 2.45) is 0 Å². The lowest BCUT2D eigenvalue weighted by atomic mass is 10.1. The van der Waals surface area contributed by atoms with E-state index in [2.05, 4.69) is 32.6 Å². The molecule has 0 aliphatic carbocycles. The third-order valence-corrected chi connectivity index (χ3v) is 4.09. The van der Waals surface area contributed by atoms with Crippen molar-refractivity contribution in [3.05, 3.63) is 66.3 Å². The topological polar surface area (TPSA) is 80.9 Å². The van der Waals surface area contributed by atoms with Gasteiger partial charge in [-0.05, 0) is 37.5 Å². The average Bonchev–Trinajstić information content (AvgIpc) is 3.15. The van der Waals surface area contributed by atoms with Crippen LogP contribution in [-0.2, 0) is 17.6 Å². The lowest BCUT2D eigenvalue weighted by molar-refractivity contribution is -0.121. The number of rotatable bonds is 8. The molecule has 134 valence electrons. The number of benzene rings is 1. The summed E-state index contributed by atoms with van der Waals surface area (Å²) in [6.07, 6.45) is 5.96. The van der Waals surface area contributed by atoms with Gasteiger partial charge >= 0.3 is 0 Å². The monoisotopic (exact) mass is 350 g/mol. The van der Waals surface area contributed by atoms with Crippen LogP contribution in [-0.4, -0.2) is 27.1 Å². The summed E-state index contributed by atoms with van der Waals surface area (Å²) >= 11 is 0. The van der Waals surface area contributed by atoms with E-state index in [1.54, 1.807) is 12.4 Å². The van der Waals surface area contributed by atoms with Crippen molar-refractivity contribution in [3.63, 3.8) is 0 Å². The maximum absolute atomic E-state index is 12.1. The minimum Gasteiger partial charge on any atom is -0.354 e. The maximum Gasteiger partial charge on any atom is 0.227 e.